The number of rotatable bonds is 3. The zero-order chi connectivity index (χ0) is 13.3. The van der Waals surface area contributed by atoms with Crippen molar-refractivity contribution < 1.29 is 9.13 Å². The van der Waals surface area contributed by atoms with E-state index in [9.17, 15) is 4.39 Å². The van der Waals surface area contributed by atoms with Gasteiger partial charge in [0.15, 0.2) is 0 Å². The molecule has 1 aliphatic rings. The molecule has 0 aromatic heterocycles. The molecule has 0 spiro atoms. The highest BCUT2D eigenvalue weighted by Gasteiger charge is 2.49. The Hall–Kier alpha value is -1.67. The van der Waals surface area contributed by atoms with Crippen LogP contribution in [0.15, 0.2) is 54.6 Å². The van der Waals surface area contributed by atoms with Crippen LogP contribution in [0.5, 0.6) is 0 Å². The van der Waals surface area contributed by atoms with Gasteiger partial charge in [0.05, 0.1) is 0 Å². The van der Waals surface area contributed by atoms with Gasteiger partial charge in [0, 0.05) is 13.0 Å². The molecule has 0 amide bonds. The van der Waals surface area contributed by atoms with Crippen molar-refractivity contribution in [3.05, 3.63) is 71.3 Å². The smallest absolute Gasteiger partial charge is 0.150 e. The predicted octanol–water partition coefficient (Wildman–Crippen LogP) is 3.86. The van der Waals surface area contributed by atoms with Gasteiger partial charge < -0.3 is 4.74 Å². The van der Waals surface area contributed by atoms with Gasteiger partial charge in [-0.25, -0.2) is 4.39 Å². The minimum absolute atomic E-state index is 0.422. The molecule has 0 fully saturated rings. The van der Waals surface area contributed by atoms with Gasteiger partial charge in [0.1, 0.15) is 11.8 Å². The second-order valence-electron chi connectivity index (χ2n) is 4.86. The SMILES string of the molecule is CCO[C@]1(c2ccccc2)c2ccccc2C[C@H]1F. The van der Waals surface area contributed by atoms with E-state index in [4.69, 9.17) is 4.74 Å². The third kappa shape index (κ3) is 1.79. The molecule has 0 aliphatic heterocycles. The lowest BCUT2D eigenvalue weighted by atomic mass is 9.86. The topological polar surface area (TPSA) is 9.23 Å². The van der Waals surface area contributed by atoms with Crippen molar-refractivity contribution in [2.24, 2.45) is 0 Å². The van der Waals surface area contributed by atoms with Crippen LogP contribution in [0, 0.1) is 0 Å². The standard InChI is InChI=1S/C17H17FO/c1-2-19-17(14-9-4-3-5-10-14)15-11-7-6-8-13(15)12-16(17)18/h3-11,16H,2,12H2,1H3/t16-,17-/m1/s1. The summed E-state index contributed by atoms with van der Waals surface area (Å²) in [5.41, 5.74) is 1.98. The molecule has 2 aromatic rings. The second kappa shape index (κ2) is 4.78. The summed E-state index contributed by atoms with van der Waals surface area (Å²) in [4.78, 5) is 0. The molecule has 0 unspecified atom stereocenters. The Morgan fingerprint density at radius 3 is 2.53 bits per heavy atom. The Balaban J connectivity index is 2.21. The summed E-state index contributed by atoms with van der Waals surface area (Å²) in [6, 6.07) is 17.6. The number of benzene rings is 2. The van der Waals surface area contributed by atoms with Gasteiger partial charge in [-0.15, -0.1) is 0 Å². The van der Waals surface area contributed by atoms with E-state index in [1.807, 2.05) is 61.5 Å². The summed E-state index contributed by atoms with van der Waals surface area (Å²) in [5.74, 6) is 0. The van der Waals surface area contributed by atoms with E-state index in [2.05, 4.69) is 0 Å². The molecule has 0 radical (unpaired) electrons. The Bertz CT molecular complexity index is 566. The first kappa shape index (κ1) is 12.4. The van der Waals surface area contributed by atoms with Gasteiger partial charge in [-0.1, -0.05) is 54.6 Å². The van der Waals surface area contributed by atoms with E-state index >= 15 is 0 Å². The van der Waals surface area contributed by atoms with Crippen molar-refractivity contribution in [1.29, 1.82) is 0 Å². The number of fused-ring (bicyclic) bond motifs is 1. The van der Waals surface area contributed by atoms with Crippen LogP contribution in [0.1, 0.15) is 23.6 Å². The van der Waals surface area contributed by atoms with Gasteiger partial charge in [-0.05, 0) is 23.6 Å². The first-order valence-electron chi connectivity index (χ1n) is 6.71. The van der Waals surface area contributed by atoms with Gasteiger partial charge in [-0.3, -0.25) is 0 Å². The van der Waals surface area contributed by atoms with E-state index in [0.29, 0.717) is 13.0 Å². The highest BCUT2D eigenvalue weighted by Crippen LogP contribution is 2.46. The zero-order valence-electron chi connectivity index (χ0n) is 11.0. The number of halogens is 1. The Labute approximate surface area is 113 Å². The number of ether oxygens (including phenoxy) is 1. The lowest BCUT2D eigenvalue weighted by Crippen LogP contribution is -2.37. The molecule has 3 rings (SSSR count). The van der Waals surface area contributed by atoms with Crippen LogP contribution < -0.4 is 0 Å². The molecule has 2 heteroatoms. The number of hydrogen-bond acceptors (Lipinski definition) is 1. The van der Waals surface area contributed by atoms with Crippen LogP contribution in [0.4, 0.5) is 4.39 Å². The van der Waals surface area contributed by atoms with E-state index in [1.165, 1.54) is 0 Å². The van der Waals surface area contributed by atoms with E-state index in [-0.39, 0.29) is 0 Å². The minimum Gasteiger partial charge on any atom is -0.363 e. The third-order valence-corrected chi connectivity index (χ3v) is 3.83. The molecule has 98 valence electrons. The molecule has 1 nitrogen and oxygen atoms in total. The quantitative estimate of drug-likeness (QED) is 0.810. The molecular weight excluding hydrogens is 239 g/mol. The maximum Gasteiger partial charge on any atom is 0.150 e. The summed E-state index contributed by atoms with van der Waals surface area (Å²) in [6.07, 6.45) is -0.613. The fourth-order valence-electron chi connectivity index (χ4n) is 3.07. The fourth-order valence-corrected chi connectivity index (χ4v) is 3.07. The summed E-state index contributed by atoms with van der Waals surface area (Å²) in [5, 5.41) is 0. The van der Waals surface area contributed by atoms with Gasteiger partial charge in [0.25, 0.3) is 0 Å². The Morgan fingerprint density at radius 2 is 1.79 bits per heavy atom. The Morgan fingerprint density at radius 1 is 1.11 bits per heavy atom. The van der Waals surface area contributed by atoms with Crippen LogP contribution in [0.25, 0.3) is 0 Å². The van der Waals surface area contributed by atoms with Crippen LogP contribution >= 0.6 is 0 Å². The lowest BCUT2D eigenvalue weighted by molar-refractivity contribution is -0.0574. The molecule has 0 bridgehead atoms. The van der Waals surface area contributed by atoms with Gasteiger partial charge in [0.2, 0.25) is 0 Å². The van der Waals surface area contributed by atoms with Crippen LogP contribution in [0.2, 0.25) is 0 Å². The first-order valence-corrected chi connectivity index (χ1v) is 6.71. The van der Waals surface area contributed by atoms with Crippen molar-refractivity contribution in [3.8, 4) is 0 Å². The van der Waals surface area contributed by atoms with Crippen LogP contribution in [-0.2, 0) is 16.8 Å². The molecule has 1 aliphatic carbocycles. The van der Waals surface area contributed by atoms with Crippen molar-refractivity contribution in [1.82, 2.24) is 0 Å². The van der Waals surface area contributed by atoms with Crippen molar-refractivity contribution in [2.45, 2.75) is 25.1 Å². The van der Waals surface area contributed by atoms with E-state index in [0.717, 1.165) is 16.7 Å². The van der Waals surface area contributed by atoms with E-state index < -0.39 is 11.8 Å². The molecule has 0 saturated carbocycles. The first-order chi connectivity index (χ1) is 9.29. The molecule has 0 saturated heterocycles. The van der Waals surface area contributed by atoms with Gasteiger partial charge in [-0.2, -0.15) is 0 Å². The number of hydrogen-bond donors (Lipinski definition) is 0. The minimum atomic E-state index is -1.03. The normalized spacial score (nSPS) is 25.3. The molecular formula is C17H17FO. The molecule has 2 atom stereocenters. The molecule has 19 heavy (non-hydrogen) atoms. The van der Waals surface area contributed by atoms with Crippen LogP contribution in [0.3, 0.4) is 0 Å². The summed E-state index contributed by atoms with van der Waals surface area (Å²) in [6.45, 7) is 2.40. The highest BCUT2D eigenvalue weighted by molar-refractivity contribution is 5.47. The van der Waals surface area contributed by atoms with Crippen molar-refractivity contribution >= 4 is 0 Å². The third-order valence-electron chi connectivity index (χ3n) is 3.83. The summed E-state index contributed by atoms with van der Waals surface area (Å²) < 4.78 is 20.7. The van der Waals surface area contributed by atoms with E-state index in [1.54, 1.807) is 0 Å². The maximum absolute atomic E-state index is 14.8. The summed E-state index contributed by atoms with van der Waals surface area (Å²) in [7, 11) is 0. The maximum atomic E-state index is 14.8. The summed E-state index contributed by atoms with van der Waals surface area (Å²) >= 11 is 0. The van der Waals surface area contributed by atoms with Crippen molar-refractivity contribution in [3.63, 3.8) is 0 Å². The van der Waals surface area contributed by atoms with Crippen LogP contribution in [-0.4, -0.2) is 12.8 Å². The Kier molecular flexibility index (Phi) is 3.11. The largest absolute Gasteiger partial charge is 0.363 e. The fraction of sp³-hybridized carbons (Fsp3) is 0.294. The average Bonchev–Trinajstić information content (AvgIpc) is 2.74. The predicted molar refractivity (Wildman–Crippen MR) is 73.9 cm³/mol. The average molecular weight is 256 g/mol. The lowest BCUT2D eigenvalue weighted by Gasteiger charge is -2.33. The molecule has 0 heterocycles. The molecule has 0 N–H and O–H groups in total. The zero-order valence-corrected chi connectivity index (χ0v) is 11.0. The monoisotopic (exact) mass is 256 g/mol. The van der Waals surface area contributed by atoms with Crippen molar-refractivity contribution in [2.75, 3.05) is 6.61 Å². The number of alkyl halides is 1. The second-order valence-corrected chi connectivity index (χ2v) is 4.86. The molecule has 2 aromatic carbocycles. The highest BCUT2D eigenvalue weighted by atomic mass is 19.1. The van der Waals surface area contributed by atoms with Gasteiger partial charge >= 0.3 is 0 Å².